The van der Waals surface area contributed by atoms with E-state index in [1.807, 2.05) is 4.90 Å². The zero-order chi connectivity index (χ0) is 22.0. The van der Waals surface area contributed by atoms with Gasteiger partial charge in [-0.15, -0.1) is 11.3 Å². The van der Waals surface area contributed by atoms with E-state index in [9.17, 15) is 23.7 Å². The minimum absolute atomic E-state index is 0.0268. The van der Waals surface area contributed by atoms with Gasteiger partial charge in [-0.2, -0.15) is 0 Å². The van der Waals surface area contributed by atoms with Gasteiger partial charge in [-0.25, -0.2) is 13.8 Å². The van der Waals surface area contributed by atoms with Crippen molar-refractivity contribution in [3.63, 3.8) is 0 Å². The molecule has 1 N–H and O–H groups in total. The number of benzene rings is 2. The van der Waals surface area contributed by atoms with Crippen molar-refractivity contribution in [2.75, 3.05) is 36.5 Å². The summed E-state index contributed by atoms with van der Waals surface area (Å²) < 4.78 is 32.8. The topological polar surface area (TPSA) is 97.6 Å². The summed E-state index contributed by atoms with van der Waals surface area (Å²) in [5.74, 6) is -1.84. The summed E-state index contributed by atoms with van der Waals surface area (Å²) in [4.78, 5) is 29.7. The lowest BCUT2D eigenvalue weighted by Crippen LogP contribution is -2.37. The molecule has 0 radical (unpaired) electrons. The number of nitrogens with one attached hydrogen (secondary N) is 1. The highest BCUT2D eigenvalue weighted by molar-refractivity contribution is 7.14. The number of hydrogen-bond acceptors (Lipinski definition) is 7. The fourth-order valence-corrected chi connectivity index (χ4v) is 3.92. The summed E-state index contributed by atoms with van der Waals surface area (Å²) in [7, 11) is 0. The van der Waals surface area contributed by atoms with E-state index in [0.29, 0.717) is 32.0 Å². The van der Waals surface area contributed by atoms with Gasteiger partial charge in [-0.05, 0) is 24.3 Å². The second-order valence-corrected chi connectivity index (χ2v) is 7.53. The first-order valence-electron chi connectivity index (χ1n) is 9.26. The number of amides is 1. The molecule has 2 heterocycles. The largest absolute Gasteiger partial charge is 0.378 e. The van der Waals surface area contributed by atoms with Crippen LogP contribution in [0.25, 0.3) is 11.3 Å². The number of nitro benzene ring substituents is 1. The lowest BCUT2D eigenvalue weighted by Gasteiger charge is -2.30. The van der Waals surface area contributed by atoms with Crippen LogP contribution in [0.5, 0.6) is 0 Å². The fraction of sp³-hybridized carbons (Fsp3) is 0.200. The Hall–Kier alpha value is -3.44. The number of carbonyl (C=O) groups is 1. The van der Waals surface area contributed by atoms with Crippen LogP contribution in [0, 0.1) is 21.7 Å². The number of aromatic nitrogens is 1. The molecule has 0 spiro atoms. The number of nitro groups is 1. The third kappa shape index (κ3) is 4.52. The van der Waals surface area contributed by atoms with E-state index in [4.69, 9.17) is 4.74 Å². The van der Waals surface area contributed by atoms with Gasteiger partial charge in [0.1, 0.15) is 11.6 Å². The van der Waals surface area contributed by atoms with Crippen LogP contribution in [0.2, 0.25) is 0 Å². The average Bonchev–Trinajstić information content (AvgIpc) is 3.23. The minimum Gasteiger partial charge on any atom is -0.378 e. The Balaban J connectivity index is 1.62. The Bertz CT molecular complexity index is 1150. The maximum atomic E-state index is 14.0. The first kappa shape index (κ1) is 20.8. The molecule has 160 valence electrons. The van der Waals surface area contributed by atoms with Gasteiger partial charge in [0, 0.05) is 36.2 Å². The molecule has 1 fully saturated rings. The minimum atomic E-state index is -0.641. The van der Waals surface area contributed by atoms with Crippen LogP contribution in [0.15, 0.2) is 41.8 Å². The molecule has 0 unspecified atom stereocenters. The van der Waals surface area contributed by atoms with Crippen molar-refractivity contribution in [1.82, 2.24) is 4.98 Å². The molecular formula is C20H16F2N4O4S. The molecule has 4 rings (SSSR count). The average molecular weight is 446 g/mol. The number of hydrogen-bond donors (Lipinski definition) is 1. The molecule has 3 aromatic rings. The molecule has 31 heavy (non-hydrogen) atoms. The number of morpholine rings is 1. The molecule has 11 heteroatoms. The SMILES string of the molecule is O=C(Nc1nc(-c2cc(F)ccc2F)cs1)c1cc([N+](=O)[O-])ccc1N1CCOCC1. The highest BCUT2D eigenvalue weighted by atomic mass is 32.1. The van der Waals surface area contributed by atoms with E-state index in [1.165, 1.54) is 23.6 Å². The van der Waals surface area contributed by atoms with Crippen LogP contribution in [0.3, 0.4) is 0 Å². The first-order valence-corrected chi connectivity index (χ1v) is 10.1. The summed E-state index contributed by atoms with van der Waals surface area (Å²) in [6, 6.07) is 7.11. The molecule has 2 aromatic carbocycles. The summed E-state index contributed by atoms with van der Waals surface area (Å²) in [5, 5.41) is 15.5. The van der Waals surface area contributed by atoms with Crippen molar-refractivity contribution in [1.29, 1.82) is 0 Å². The van der Waals surface area contributed by atoms with E-state index >= 15 is 0 Å². The molecule has 1 amide bonds. The van der Waals surface area contributed by atoms with Gasteiger partial charge in [0.05, 0.1) is 35.1 Å². The molecular weight excluding hydrogens is 430 g/mol. The van der Waals surface area contributed by atoms with Gasteiger partial charge >= 0.3 is 0 Å². The van der Waals surface area contributed by atoms with Crippen molar-refractivity contribution in [3.05, 3.63) is 69.1 Å². The Morgan fingerprint density at radius 3 is 2.71 bits per heavy atom. The third-order valence-corrected chi connectivity index (χ3v) is 5.47. The van der Waals surface area contributed by atoms with Crippen molar-refractivity contribution >= 4 is 33.8 Å². The lowest BCUT2D eigenvalue weighted by molar-refractivity contribution is -0.384. The van der Waals surface area contributed by atoms with E-state index in [1.54, 1.807) is 0 Å². The smallest absolute Gasteiger partial charge is 0.270 e. The predicted octanol–water partition coefficient (Wildman–Crippen LogP) is 4.09. The zero-order valence-electron chi connectivity index (χ0n) is 16.0. The molecule has 1 aliphatic rings. The van der Waals surface area contributed by atoms with E-state index in [2.05, 4.69) is 10.3 Å². The van der Waals surface area contributed by atoms with E-state index in [0.717, 1.165) is 29.5 Å². The van der Waals surface area contributed by atoms with E-state index < -0.39 is 22.5 Å². The quantitative estimate of drug-likeness (QED) is 0.468. The molecule has 8 nitrogen and oxygen atoms in total. The Labute approximate surface area is 179 Å². The number of non-ortho nitro benzene ring substituents is 1. The predicted molar refractivity (Wildman–Crippen MR) is 112 cm³/mol. The van der Waals surface area contributed by atoms with Gasteiger partial charge < -0.3 is 9.64 Å². The normalized spacial score (nSPS) is 13.8. The van der Waals surface area contributed by atoms with Gasteiger partial charge in [0.25, 0.3) is 11.6 Å². The van der Waals surface area contributed by atoms with Crippen LogP contribution < -0.4 is 10.2 Å². The number of thiazole rings is 1. The first-order chi connectivity index (χ1) is 14.9. The fourth-order valence-electron chi connectivity index (χ4n) is 3.21. The number of halogens is 2. The molecule has 0 aliphatic carbocycles. The monoisotopic (exact) mass is 446 g/mol. The van der Waals surface area contributed by atoms with Gasteiger partial charge in [-0.1, -0.05) is 0 Å². The maximum absolute atomic E-state index is 14.0. The summed E-state index contributed by atoms with van der Waals surface area (Å²) >= 11 is 1.03. The van der Waals surface area contributed by atoms with Crippen LogP contribution in [-0.4, -0.2) is 42.1 Å². The zero-order valence-corrected chi connectivity index (χ0v) is 16.8. The lowest BCUT2D eigenvalue weighted by atomic mass is 10.1. The van der Waals surface area contributed by atoms with Crippen molar-refractivity contribution in [2.24, 2.45) is 0 Å². The second kappa shape index (κ2) is 8.74. The summed E-state index contributed by atoms with van der Waals surface area (Å²) in [6.45, 7) is 2.04. The van der Waals surface area contributed by atoms with Crippen molar-refractivity contribution < 1.29 is 23.2 Å². The maximum Gasteiger partial charge on any atom is 0.270 e. The van der Waals surface area contributed by atoms with Crippen LogP contribution in [0.1, 0.15) is 10.4 Å². The van der Waals surface area contributed by atoms with Gasteiger partial charge in [0.15, 0.2) is 5.13 Å². The molecule has 0 saturated carbocycles. The Morgan fingerprint density at radius 1 is 1.19 bits per heavy atom. The molecule has 0 atom stereocenters. The number of ether oxygens (including phenoxy) is 1. The number of rotatable bonds is 5. The molecule has 0 bridgehead atoms. The highest BCUT2D eigenvalue weighted by Gasteiger charge is 2.23. The Morgan fingerprint density at radius 2 is 1.97 bits per heavy atom. The van der Waals surface area contributed by atoms with Crippen LogP contribution >= 0.6 is 11.3 Å². The summed E-state index contributed by atoms with van der Waals surface area (Å²) in [5.41, 5.74) is 0.582. The van der Waals surface area contributed by atoms with E-state index in [-0.39, 0.29) is 27.6 Å². The van der Waals surface area contributed by atoms with Crippen LogP contribution in [0.4, 0.5) is 25.3 Å². The van der Waals surface area contributed by atoms with Gasteiger partial charge in [-0.3, -0.25) is 20.2 Å². The van der Waals surface area contributed by atoms with Crippen molar-refractivity contribution in [2.45, 2.75) is 0 Å². The summed E-state index contributed by atoms with van der Waals surface area (Å²) in [6.07, 6.45) is 0. The number of nitrogens with zero attached hydrogens (tertiary/aromatic N) is 3. The molecule has 1 aliphatic heterocycles. The standard InChI is InChI=1S/C20H16F2N4O4S/c21-12-1-3-16(22)14(9-12)17-11-31-20(23-17)24-19(27)15-10-13(26(28)29)2-4-18(15)25-5-7-30-8-6-25/h1-4,9-11H,5-8H2,(H,23,24,27). The number of carbonyl (C=O) groups excluding carboxylic acids is 1. The molecule has 1 aromatic heterocycles. The van der Waals surface area contributed by atoms with Crippen LogP contribution in [-0.2, 0) is 4.74 Å². The highest BCUT2D eigenvalue weighted by Crippen LogP contribution is 2.30. The van der Waals surface area contributed by atoms with Crippen molar-refractivity contribution in [3.8, 4) is 11.3 Å². The Kier molecular flexibility index (Phi) is 5.87. The molecule has 1 saturated heterocycles. The number of anilines is 2. The third-order valence-electron chi connectivity index (χ3n) is 4.72. The second-order valence-electron chi connectivity index (χ2n) is 6.67. The van der Waals surface area contributed by atoms with Gasteiger partial charge in [0.2, 0.25) is 0 Å².